The molecule has 2 aromatic carbocycles. The fraction of sp³-hybridized carbons (Fsp3) is 0.500. The van der Waals surface area contributed by atoms with Crippen LogP contribution in [0.1, 0.15) is 84.6 Å². The van der Waals surface area contributed by atoms with Crippen LogP contribution in [0.4, 0.5) is 0 Å². The van der Waals surface area contributed by atoms with Gasteiger partial charge in [-0.15, -0.1) is 0 Å². The average molecular weight is 412 g/mol. The summed E-state index contributed by atoms with van der Waals surface area (Å²) in [4.78, 5) is 5.11. The summed E-state index contributed by atoms with van der Waals surface area (Å²) in [6, 6.07) is 15.8. The van der Waals surface area contributed by atoms with Crippen molar-refractivity contribution in [3.63, 3.8) is 0 Å². The van der Waals surface area contributed by atoms with Crippen LogP contribution in [0.2, 0.25) is 0 Å². The molecule has 0 bridgehead atoms. The minimum Gasteiger partial charge on any atom is -0.248 e. The van der Waals surface area contributed by atoms with Gasteiger partial charge < -0.3 is 0 Å². The third-order valence-electron chi connectivity index (χ3n) is 10.9. The summed E-state index contributed by atoms with van der Waals surface area (Å²) in [6.07, 6.45) is 0. The van der Waals surface area contributed by atoms with Crippen LogP contribution in [-0.4, -0.2) is 4.98 Å². The monoisotopic (exact) mass is 411 g/mol. The minimum atomic E-state index is 0.0864. The third kappa shape index (κ3) is 2.07. The first-order valence-electron chi connectivity index (χ1n) is 11.8. The summed E-state index contributed by atoms with van der Waals surface area (Å²) >= 11 is 0. The predicted octanol–water partition coefficient (Wildman–Crippen LogP) is 8.10. The Morgan fingerprint density at radius 1 is 0.677 bits per heavy atom. The zero-order valence-electron chi connectivity index (χ0n) is 21.0. The SMILES string of the molecule is Cc1cccc2nc(-c3cc4c5c(c3)C(C)(C)C(C)(C)C5(C)C(C)(C)C4(C)C)ccc12. The van der Waals surface area contributed by atoms with Gasteiger partial charge in [-0.3, -0.25) is 0 Å². The zero-order chi connectivity index (χ0) is 22.8. The molecule has 1 heteroatoms. The van der Waals surface area contributed by atoms with Crippen molar-refractivity contribution in [1.29, 1.82) is 0 Å². The van der Waals surface area contributed by atoms with Gasteiger partial charge in [-0.05, 0) is 75.1 Å². The Morgan fingerprint density at radius 2 is 1.23 bits per heavy atom. The predicted molar refractivity (Wildman–Crippen MR) is 133 cm³/mol. The number of nitrogens with zero attached hydrogens (tertiary/aromatic N) is 1. The number of fused-ring (bicyclic) bond motifs is 1. The molecular weight excluding hydrogens is 374 g/mol. The number of aromatic nitrogens is 1. The quantitative estimate of drug-likeness (QED) is 0.394. The first kappa shape index (κ1) is 20.7. The van der Waals surface area contributed by atoms with Crippen LogP contribution in [0.5, 0.6) is 0 Å². The number of benzene rings is 2. The Hall–Kier alpha value is -2.15. The summed E-state index contributed by atoms with van der Waals surface area (Å²) in [7, 11) is 0. The topological polar surface area (TPSA) is 12.9 Å². The molecule has 3 aromatic rings. The smallest absolute Gasteiger partial charge is 0.0712 e. The van der Waals surface area contributed by atoms with E-state index in [1.54, 1.807) is 5.56 Å². The van der Waals surface area contributed by atoms with Crippen LogP contribution in [-0.2, 0) is 16.2 Å². The summed E-state index contributed by atoms with van der Waals surface area (Å²) in [6.45, 7) is 24.5. The van der Waals surface area contributed by atoms with Crippen LogP contribution < -0.4 is 0 Å². The van der Waals surface area contributed by atoms with Gasteiger partial charge in [-0.25, -0.2) is 4.98 Å². The molecule has 1 heterocycles. The standard InChI is InChI=1S/C30H37N/c1-18-12-11-13-24-20(18)14-15-23(31-24)19-16-21-25-22(17-19)27(4,5)29(8,9)30(25,10)28(6,7)26(21,2)3/h11-17H,1-10H3. The largest absolute Gasteiger partial charge is 0.248 e. The van der Waals surface area contributed by atoms with Gasteiger partial charge in [0.05, 0.1) is 11.2 Å². The van der Waals surface area contributed by atoms with Gasteiger partial charge in [0, 0.05) is 16.4 Å². The van der Waals surface area contributed by atoms with Crippen molar-refractivity contribution in [3.05, 3.63) is 64.7 Å². The molecule has 0 saturated heterocycles. The molecule has 0 saturated carbocycles. The van der Waals surface area contributed by atoms with Crippen molar-refractivity contribution in [2.45, 2.75) is 85.5 Å². The normalized spacial score (nSPS) is 23.2. The Labute approximate surface area is 188 Å². The second-order valence-corrected chi connectivity index (χ2v) is 12.4. The van der Waals surface area contributed by atoms with Gasteiger partial charge in [0.2, 0.25) is 0 Å². The zero-order valence-corrected chi connectivity index (χ0v) is 21.0. The summed E-state index contributed by atoms with van der Waals surface area (Å²) in [5, 5.41) is 1.24. The van der Waals surface area contributed by atoms with E-state index in [1.807, 2.05) is 0 Å². The molecule has 0 N–H and O–H groups in total. The molecule has 0 fully saturated rings. The molecule has 0 aliphatic heterocycles. The van der Waals surface area contributed by atoms with Gasteiger partial charge >= 0.3 is 0 Å². The first-order chi connectivity index (χ1) is 14.2. The molecule has 0 spiro atoms. The van der Waals surface area contributed by atoms with E-state index in [-0.39, 0.29) is 27.1 Å². The lowest BCUT2D eigenvalue weighted by molar-refractivity contribution is -0.0105. The van der Waals surface area contributed by atoms with E-state index < -0.39 is 0 Å². The van der Waals surface area contributed by atoms with Crippen LogP contribution in [0, 0.1) is 17.8 Å². The van der Waals surface area contributed by atoms with E-state index in [0.717, 1.165) is 11.2 Å². The molecule has 31 heavy (non-hydrogen) atoms. The third-order valence-corrected chi connectivity index (χ3v) is 10.9. The van der Waals surface area contributed by atoms with Crippen LogP contribution in [0.25, 0.3) is 22.2 Å². The van der Waals surface area contributed by atoms with E-state index in [0.29, 0.717) is 0 Å². The summed E-state index contributed by atoms with van der Waals surface area (Å²) in [5.74, 6) is 0. The lowest BCUT2D eigenvalue weighted by atomic mass is 9.47. The fourth-order valence-electron chi connectivity index (χ4n) is 7.11. The molecule has 162 valence electrons. The van der Waals surface area contributed by atoms with Crippen molar-refractivity contribution in [2.75, 3.05) is 0 Å². The lowest BCUT2D eigenvalue weighted by Crippen LogP contribution is -2.55. The summed E-state index contributed by atoms with van der Waals surface area (Å²) in [5.41, 5.74) is 9.94. The Balaban J connectivity index is 1.85. The van der Waals surface area contributed by atoms with Gasteiger partial charge in [0.15, 0.2) is 0 Å². The molecule has 0 amide bonds. The molecule has 0 atom stereocenters. The van der Waals surface area contributed by atoms with Crippen LogP contribution in [0.15, 0.2) is 42.5 Å². The van der Waals surface area contributed by atoms with Gasteiger partial charge in [-0.1, -0.05) is 80.5 Å². The number of pyridine rings is 1. The first-order valence-corrected chi connectivity index (χ1v) is 11.8. The molecular formula is C30H37N. The van der Waals surface area contributed by atoms with Crippen molar-refractivity contribution in [2.24, 2.45) is 10.8 Å². The maximum atomic E-state index is 5.11. The number of hydrogen-bond donors (Lipinski definition) is 0. The van der Waals surface area contributed by atoms with E-state index >= 15 is 0 Å². The second-order valence-electron chi connectivity index (χ2n) is 12.4. The highest BCUT2D eigenvalue weighted by Crippen LogP contribution is 2.76. The van der Waals surface area contributed by atoms with Crippen molar-refractivity contribution in [3.8, 4) is 11.3 Å². The maximum Gasteiger partial charge on any atom is 0.0712 e. The maximum absolute atomic E-state index is 5.11. The van der Waals surface area contributed by atoms with Gasteiger partial charge in [-0.2, -0.15) is 0 Å². The second kappa shape index (κ2) is 5.61. The Kier molecular flexibility index (Phi) is 3.75. The van der Waals surface area contributed by atoms with E-state index in [2.05, 4.69) is 112 Å². The molecule has 2 aliphatic carbocycles. The Morgan fingerprint density at radius 3 is 1.77 bits per heavy atom. The molecule has 0 radical (unpaired) electrons. The van der Waals surface area contributed by atoms with E-state index in [1.165, 1.54) is 27.6 Å². The highest BCUT2D eigenvalue weighted by Gasteiger charge is 2.72. The summed E-state index contributed by atoms with van der Waals surface area (Å²) < 4.78 is 0. The average Bonchev–Trinajstić information content (AvgIpc) is 2.91. The Bertz CT molecular complexity index is 1200. The highest BCUT2D eigenvalue weighted by atomic mass is 14.8. The lowest BCUT2D eigenvalue weighted by Gasteiger charge is -2.56. The molecule has 1 nitrogen and oxygen atoms in total. The van der Waals surface area contributed by atoms with Crippen molar-refractivity contribution in [1.82, 2.24) is 4.98 Å². The highest BCUT2D eigenvalue weighted by molar-refractivity contribution is 5.85. The molecule has 1 aromatic heterocycles. The number of hydrogen-bond acceptors (Lipinski definition) is 1. The van der Waals surface area contributed by atoms with Crippen LogP contribution >= 0.6 is 0 Å². The molecule has 2 aliphatic rings. The number of aryl methyl sites for hydroxylation is 1. The van der Waals surface area contributed by atoms with Gasteiger partial charge in [0.25, 0.3) is 0 Å². The fourth-order valence-corrected chi connectivity index (χ4v) is 7.11. The van der Waals surface area contributed by atoms with Crippen molar-refractivity contribution >= 4 is 10.9 Å². The van der Waals surface area contributed by atoms with Crippen molar-refractivity contribution < 1.29 is 0 Å². The van der Waals surface area contributed by atoms with E-state index in [4.69, 9.17) is 4.98 Å². The van der Waals surface area contributed by atoms with E-state index in [9.17, 15) is 0 Å². The van der Waals surface area contributed by atoms with Gasteiger partial charge in [0.1, 0.15) is 0 Å². The number of rotatable bonds is 1. The van der Waals surface area contributed by atoms with Crippen LogP contribution in [0.3, 0.4) is 0 Å². The molecule has 5 rings (SSSR count). The molecule has 0 unspecified atom stereocenters. The minimum absolute atomic E-state index is 0.0864.